The Bertz CT molecular complexity index is 470. The average molecular weight is 222 g/mol. The van der Waals surface area contributed by atoms with Gasteiger partial charge in [-0.1, -0.05) is 6.42 Å². The lowest BCUT2D eigenvalue weighted by atomic mass is 9.85. The molecule has 3 nitrogen and oxygen atoms in total. The smallest absolute Gasteiger partial charge is 0.151 e. The summed E-state index contributed by atoms with van der Waals surface area (Å²) in [4.78, 5) is 4.37. The first-order valence-corrected chi connectivity index (χ1v) is 6.29. The van der Waals surface area contributed by atoms with Crippen LogP contribution in [-0.2, 0) is 13.2 Å². The Morgan fingerprint density at radius 1 is 1.53 bits per heavy atom. The van der Waals surface area contributed by atoms with E-state index in [0.717, 1.165) is 23.8 Å². The average Bonchev–Trinajstić information content (AvgIpc) is 2.71. The summed E-state index contributed by atoms with van der Waals surface area (Å²) in [6.45, 7) is 1.15. The van der Waals surface area contributed by atoms with Crippen LogP contribution in [0.3, 0.4) is 0 Å². The normalized spacial score (nSPS) is 17.1. The van der Waals surface area contributed by atoms with Crippen molar-refractivity contribution < 1.29 is 5.11 Å². The number of hydrogen-bond acceptors (Lipinski definition) is 3. The number of rotatable bonds is 3. The highest BCUT2D eigenvalue weighted by molar-refractivity contribution is 7.16. The number of thiazole rings is 1. The molecule has 0 radical (unpaired) electrons. The van der Waals surface area contributed by atoms with Crippen molar-refractivity contribution in [3.63, 3.8) is 0 Å². The van der Waals surface area contributed by atoms with Gasteiger partial charge in [-0.3, -0.25) is 0 Å². The molecule has 2 aromatic heterocycles. The van der Waals surface area contributed by atoms with E-state index in [1.807, 2.05) is 5.51 Å². The van der Waals surface area contributed by atoms with Gasteiger partial charge in [0.05, 0.1) is 16.8 Å². The van der Waals surface area contributed by atoms with Crippen LogP contribution in [0.1, 0.15) is 25.0 Å². The van der Waals surface area contributed by atoms with Gasteiger partial charge in [0.2, 0.25) is 0 Å². The summed E-state index contributed by atoms with van der Waals surface area (Å²) in [6, 6.07) is 2.06. The quantitative estimate of drug-likeness (QED) is 0.866. The number of hydrogen-bond donors (Lipinski definition) is 1. The fourth-order valence-corrected chi connectivity index (χ4v) is 2.92. The lowest BCUT2D eigenvalue weighted by Gasteiger charge is -2.26. The lowest BCUT2D eigenvalue weighted by molar-refractivity contribution is 0.248. The van der Waals surface area contributed by atoms with Crippen LogP contribution < -0.4 is 0 Å². The van der Waals surface area contributed by atoms with E-state index in [9.17, 15) is 5.11 Å². The van der Waals surface area contributed by atoms with Crippen LogP contribution >= 0.6 is 11.3 Å². The van der Waals surface area contributed by atoms with Crippen LogP contribution in [0.4, 0.5) is 0 Å². The molecule has 15 heavy (non-hydrogen) atoms. The molecule has 1 aliphatic rings. The Morgan fingerprint density at radius 3 is 3.07 bits per heavy atom. The molecule has 1 fully saturated rings. The van der Waals surface area contributed by atoms with Crippen LogP contribution in [0, 0.1) is 5.92 Å². The summed E-state index contributed by atoms with van der Waals surface area (Å²) in [5.41, 5.74) is 3.94. The Morgan fingerprint density at radius 2 is 2.40 bits per heavy atom. The van der Waals surface area contributed by atoms with Crippen molar-refractivity contribution in [3.05, 3.63) is 17.3 Å². The first-order chi connectivity index (χ1) is 7.38. The fourth-order valence-electron chi connectivity index (χ4n) is 2.18. The Hall–Kier alpha value is -0.870. The molecule has 4 heteroatoms. The fraction of sp³-hybridized carbons (Fsp3) is 0.545. The Labute approximate surface area is 92.4 Å². The summed E-state index contributed by atoms with van der Waals surface area (Å²) in [6.07, 6.45) is 4.02. The standard InChI is InChI=1S/C11H14N2OS/c14-6-9-4-10-11(12-7-15-10)13(9)5-8-2-1-3-8/h4,7-8,14H,1-3,5-6H2. The van der Waals surface area contributed by atoms with E-state index in [1.54, 1.807) is 11.3 Å². The highest BCUT2D eigenvalue weighted by atomic mass is 32.1. The molecule has 0 spiro atoms. The van der Waals surface area contributed by atoms with E-state index in [0.29, 0.717) is 0 Å². The van der Waals surface area contributed by atoms with Crippen molar-refractivity contribution in [1.29, 1.82) is 0 Å². The zero-order valence-corrected chi connectivity index (χ0v) is 9.33. The molecule has 2 heterocycles. The predicted octanol–water partition coefficient (Wildman–Crippen LogP) is 2.39. The molecule has 0 unspecified atom stereocenters. The summed E-state index contributed by atoms with van der Waals surface area (Å²) in [5, 5.41) is 9.30. The number of nitrogens with zero attached hydrogens (tertiary/aromatic N) is 2. The van der Waals surface area contributed by atoms with Gasteiger partial charge >= 0.3 is 0 Å². The SMILES string of the molecule is OCc1cc2scnc2n1CC1CCC1. The zero-order chi connectivity index (χ0) is 10.3. The maximum absolute atomic E-state index is 9.30. The van der Waals surface area contributed by atoms with E-state index in [2.05, 4.69) is 15.6 Å². The molecule has 0 aromatic carbocycles. The Balaban J connectivity index is 1.99. The van der Waals surface area contributed by atoms with Crippen molar-refractivity contribution in [2.75, 3.05) is 0 Å². The summed E-state index contributed by atoms with van der Waals surface area (Å²) in [7, 11) is 0. The van der Waals surface area contributed by atoms with Gasteiger partial charge in [0.1, 0.15) is 0 Å². The zero-order valence-electron chi connectivity index (χ0n) is 8.52. The molecule has 0 amide bonds. The highest BCUT2D eigenvalue weighted by Gasteiger charge is 2.20. The van der Waals surface area contributed by atoms with Crippen molar-refractivity contribution in [2.45, 2.75) is 32.4 Å². The molecule has 3 rings (SSSR count). The van der Waals surface area contributed by atoms with Gasteiger partial charge in [-0.2, -0.15) is 0 Å². The summed E-state index contributed by atoms with van der Waals surface area (Å²) >= 11 is 1.65. The molecule has 2 aromatic rings. The highest BCUT2D eigenvalue weighted by Crippen LogP contribution is 2.31. The second kappa shape index (κ2) is 3.61. The van der Waals surface area contributed by atoms with Gasteiger partial charge in [0, 0.05) is 12.2 Å². The van der Waals surface area contributed by atoms with E-state index in [-0.39, 0.29) is 6.61 Å². The predicted molar refractivity (Wildman–Crippen MR) is 60.9 cm³/mol. The van der Waals surface area contributed by atoms with Gasteiger partial charge in [-0.25, -0.2) is 4.98 Å². The third kappa shape index (κ3) is 1.48. The molecule has 0 atom stereocenters. The van der Waals surface area contributed by atoms with Gasteiger partial charge in [-0.15, -0.1) is 11.3 Å². The number of aromatic nitrogens is 2. The third-order valence-corrected chi connectivity index (χ3v) is 4.07. The van der Waals surface area contributed by atoms with Gasteiger partial charge in [-0.05, 0) is 24.8 Å². The molecule has 0 saturated heterocycles. The van der Waals surface area contributed by atoms with E-state index in [1.165, 1.54) is 24.0 Å². The molecular weight excluding hydrogens is 208 g/mol. The first kappa shape index (κ1) is 9.36. The third-order valence-electron chi connectivity index (χ3n) is 3.30. The van der Waals surface area contributed by atoms with Crippen LogP contribution in [0.25, 0.3) is 10.3 Å². The number of aliphatic hydroxyl groups is 1. The maximum Gasteiger partial charge on any atom is 0.151 e. The molecule has 1 aliphatic carbocycles. The minimum absolute atomic E-state index is 0.121. The molecule has 0 bridgehead atoms. The number of aliphatic hydroxyl groups excluding tert-OH is 1. The second-order valence-corrected chi connectivity index (χ2v) is 5.13. The van der Waals surface area contributed by atoms with E-state index < -0.39 is 0 Å². The van der Waals surface area contributed by atoms with Crippen LogP contribution in [0.2, 0.25) is 0 Å². The van der Waals surface area contributed by atoms with Crippen LogP contribution in [0.5, 0.6) is 0 Å². The molecule has 0 aliphatic heterocycles. The summed E-state index contributed by atoms with van der Waals surface area (Å²) in [5.74, 6) is 0.799. The van der Waals surface area contributed by atoms with Crippen molar-refractivity contribution in [1.82, 2.24) is 9.55 Å². The van der Waals surface area contributed by atoms with Gasteiger partial charge in [0.25, 0.3) is 0 Å². The van der Waals surface area contributed by atoms with E-state index in [4.69, 9.17) is 0 Å². The largest absolute Gasteiger partial charge is 0.390 e. The van der Waals surface area contributed by atoms with Crippen LogP contribution in [-0.4, -0.2) is 14.7 Å². The Kier molecular flexibility index (Phi) is 2.25. The van der Waals surface area contributed by atoms with Crippen LogP contribution in [0.15, 0.2) is 11.6 Å². The topological polar surface area (TPSA) is 38.1 Å². The van der Waals surface area contributed by atoms with Gasteiger partial charge < -0.3 is 9.67 Å². The number of fused-ring (bicyclic) bond motifs is 1. The minimum atomic E-state index is 0.121. The lowest BCUT2D eigenvalue weighted by Crippen LogP contribution is -2.19. The van der Waals surface area contributed by atoms with Crippen molar-refractivity contribution in [2.24, 2.45) is 5.92 Å². The summed E-state index contributed by atoms with van der Waals surface area (Å²) < 4.78 is 3.38. The molecule has 1 saturated carbocycles. The molecule has 80 valence electrons. The van der Waals surface area contributed by atoms with Gasteiger partial charge in [0.15, 0.2) is 5.65 Å². The van der Waals surface area contributed by atoms with Crippen molar-refractivity contribution >= 4 is 21.7 Å². The monoisotopic (exact) mass is 222 g/mol. The van der Waals surface area contributed by atoms with E-state index >= 15 is 0 Å². The second-order valence-electron chi connectivity index (χ2n) is 4.24. The maximum atomic E-state index is 9.30. The molecule has 1 N–H and O–H groups in total. The molecular formula is C11H14N2OS. The first-order valence-electron chi connectivity index (χ1n) is 5.41. The van der Waals surface area contributed by atoms with Crippen molar-refractivity contribution in [3.8, 4) is 0 Å². The minimum Gasteiger partial charge on any atom is -0.390 e.